The van der Waals surface area contributed by atoms with Gasteiger partial charge >= 0.3 is 0 Å². The lowest BCUT2D eigenvalue weighted by Gasteiger charge is -2.10. The molecule has 2 aromatic carbocycles. The van der Waals surface area contributed by atoms with E-state index in [-0.39, 0.29) is 12.4 Å². The second-order valence-electron chi connectivity index (χ2n) is 3.98. The molecule has 0 bridgehead atoms. The molecule has 0 heterocycles. The van der Waals surface area contributed by atoms with Gasteiger partial charge in [-0.3, -0.25) is 5.41 Å². The summed E-state index contributed by atoms with van der Waals surface area (Å²) in [7, 11) is 0. The van der Waals surface area contributed by atoms with E-state index in [1.54, 1.807) is 24.3 Å². The minimum absolute atomic E-state index is 0.00102. The van der Waals surface area contributed by atoms with Crippen molar-refractivity contribution in [3.8, 4) is 5.75 Å². The van der Waals surface area contributed by atoms with E-state index in [4.69, 9.17) is 15.9 Å². The summed E-state index contributed by atoms with van der Waals surface area (Å²) < 4.78 is 31.5. The van der Waals surface area contributed by atoms with Crippen LogP contribution in [0.1, 0.15) is 11.1 Å². The second kappa shape index (κ2) is 5.48. The number of rotatable bonds is 4. The zero-order chi connectivity index (χ0) is 13.8. The van der Waals surface area contributed by atoms with Crippen LogP contribution in [0.2, 0.25) is 0 Å². The smallest absolute Gasteiger partial charge is 0.130 e. The van der Waals surface area contributed by atoms with Crippen molar-refractivity contribution in [1.29, 1.82) is 5.41 Å². The molecule has 5 heteroatoms. The number of nitrogens with one attached hydrogen (secondary N) is 1. The molecule has 0 aromatic heterocycles. The zero-order valence-corrected chi connectivity index (χ0v) is 9.99. The Labute approximate surface area is 109 Å². The van der Waals surface area contributed by atoms with E-state index in [1.807, 2.05) is 0 Å². The van der Waals surface area contributed by atoms with Gasteiger partial charge < -0.3 is 10.5 Å². The van der Waals surface area contributed by atoms with Crippen molar-refractivity contribution in [2.75, 3.05) is 0 Å². The Morgan fingerprint density at radius 2 is 1.74 bits per heavy atom. The molecule has 0 spiro atoms. The van der Waals surface area contributed by atoms with Crippen LogP contribution in [0.5, 0.6) is 5.75 Å². The number of hydrogen-bond acceptors (Lipinski definition) is 2. The van der Waals surface area contributed by atoms with Gasteiger partial charge in [0.05, 0.1) is 5.56 Å². The molecule has 0 aliphatic rings. The van der Waals surface area contributed by atoms with Crippen molar-refractivity contribution in [1.82, 2.24) is 0 Å². The first-order valence-corrected chi connectivity index (χ1v) is 5.57. The third-order valence-electron chi connectivity index (χ3n) is 2.49. The maximum absolute atomic E-state index is 13.0. The summed E-state index contributed by atoms with van der Waals surface area (Å²) in [6, 6.07) is 9.93. The van der Waals surface area contributed by atoms with Crippen molar-refractivity contribution in [2.45, 2.75) is 6.61 Å². The van der Waals surface area contributed by atoms with Gasteiger partial charge in [-0.05, 0) is 29.8 Å². The largest absolute Gasteiger partial charge is 0.488 e. The van der Waals surface area contributed by atoms with E-state index in [0.717, 1.165) is 6.07 Å². The number of hydrogen-bond donors (Lipinski definition) is 2. The predicted molar refractivity (Wildman–Crippen MR) is 68.1 cm³/mol. The molecular weight excluding hydrogens is 250 g/mol. The monoisotopic (exact) mass is 262 g/mol. The predicted octanol–water partition coefficient (Wildman–Crippen LogP) is 2.83. The van der Waals surface area contributed by atoms with Crippen LogP contribution in [0, 0.1) is 17.0 Å². The molecule has 3 N–H and O–H groups in total. The van der Waals surface area contributed by atoms with Gasteiger partial charge in [0.1, 0.15) is 29.8 Å². The van der Waals surface area contributed by atoms with E-state index in [1.165, 1.54) is 12.1 Å². The van der Waals surface area contributed by atoms with Gasteiger partial charge in [0.25, 0.3) is 0 Å². The van der Waals surface area contributed by atoms with E-state index < -0.39 is 11.6 Å². The molecule has 19 heavy (non-hydrogen) atoms. The van der Waals surface area contributed by atoms with Gasteiger partial charge in [-0.15, -0.1) is 0 Å². The van der Waals surface area contributed by atoms with Gasteiger partial charge in [0.15, 0.2) is 0 Å². The lowest BCUT2D eigenvalue weighted by Crippen LogP contribution is -2.13. The Morgan fingerprint density at radius 3 is 2.37 bits per heavy atom. The Kier molecular flexibility index (Phi) is 3.75. The molecule has 2 rings (SSSR count). The number of para-hydroxylation sites is 1. The van der Waals surface area contributed by atoms with Crippen molar-refractivity contribution < 1.29 is 13.5 Å². The highest BCUT2D eigenvalue weighted by Gasteiger charge is 2.07. The van der Waals surface area contributed by atoms with Crippen LogP contribution >= 0.6 is 0 Å². The van der Waals surface area contributed by atoms with E-state index in [9.17, 15) is 8.78 Å². The first-order chi connectivity index (χ1) is 9.06. The maximum atomic E-state index is 13.0. The van der Waals surface area contributed by atoms with Crippen LogP contribution in [0.4, 0.5) is 8.78 Å². The highest BCUT2D eigenvalue weighted by molar-refractivity contribution is 5.97. The first-order valence-electron chi connectivity index (χ1n) is 5.57. The summed E-state index contributed by atoms with van der Waals surface area (Å²) in [5.74, 6) is -1.03. The summed E-state index contributed by atoms with van der Waals surface area (Å²) in [6.45, 7) is -0.00102. The second-order valence-corrected chi connectivity index (χ2v) is 3.98. The molecule has 0 aliphatic heterocycles. The zero-order valence-electron chi connectivity index (χ0n) is 9.99. The molecule has 2 aromatic rings. The fraction of sp³-hybridized carbons (Fsp3) is 0.0714. The SMILES string of the molecule is N=C(N)c1ccccc1OCc1cc(F)cc(F)c1. The minimum Gasteiger partial charge on any atom is -0.488 e. The van der Waals surface area contributed by atoms with Gasteiger partial charge in [-0.2, -0.15) is 0 Å². The lowest BCUT2D eigenvalue weighted by molar-refractivity contribution is 0.304. The van der Waals surface area contributed by atoms with Crippen LogP contribution in [0.3, 0.4) is 0 Å². The number of benzene rings is 2. The van der Waals surface area contributed by atoms with Crippen LogP contribution in [0.15, 0.2) is 42.5 Å². The molecule has 98 valence electrons. The summed E-state index contributed by atoms with van der Waals surface area (Å²) in [5, 5.41) is 7.41. The fourth-order valence-corrected chi connectivity index (χ4v) is 1.67. The highest BCUT2D eigenvalue weighted by atomic mass is 19.1. The van der Waals surface area contributed by atoms with E-state index in [0.29, 0.717) is 16.9 Å². The average molecular weight is 262 g/mol. The number of nitrogen functional groups attached to an aromatic ring is 1. The molecule has 3 nitrogen and oxygen atoms in total. The maximum Gasteiger partial charge on any atom is 0.130 e. The normalized spacial score (nSPS) is 10.2. The lowest BCUT2D eigenvalue weighted by atomic mass is 10.2. The van der Waals surface area contributed by atoms with Crippen LogP contribution in [-0.2, 0) is 6.61 Å². The Balaban J connectivity index is 2.16. The molecule has 0 radical (unpaired) electrons. The third-order valence-corrected chi connectivity index (χ3v) is 2.49. The van der Waals surface area contributed by atoms with Crippen molar-refractivity contribution >= 4 is 5.84 Å². The van der Waals surface area contributed by atoms with Gasteiger partial charge in [0.2, 0.25) is 0 Å². The molecule has 0 fully saturated rings. The van der Waals surface area contributed by atoms with E-state index >= 15 is 0 Å². The molecule has 0 saturated heterocycles. The molecule has 0 saturated carbocycles. The van der Waals surface area contributed by atoms with Crippen LogP contribution < -0.4 is 10.5 Å². The Morgan fingerprint density at radius 1 is 1.11 bits per heavy atom. The molecular formula is C14H12F2N2O. The van der Waals surface area contributed by atoms with Gasteiger partial charge in [-0.1, -0.05) is 12.1 Å². The first kappa shape index (κ1) is 13.0. The van der Waals surface area contributed by atoms with E-state index in [2.05, 4.69) is 0 Å². The van der Waals surface area contributed by atoms with Crippen molar-refractivity contribution in [3.63, 3.8) is 0 Å². The molecule has 0 unspecified atom stereocenters. The number of nitrogens with two attached hydrogens (primary N) is 1. The molecule has 0 amide bonds. The summed E-state index contributed by atoms with van der Waals surface area (Å²) in [4.78, 5) is 0. The number of halogens is 2. The Hall–Kier alpha value is -2.43. The number of ether oxygens (including phenoxy) is 1. The molecule has 0 atom stereocenters. The highest BCUT2D eigenvalue weighted by Crippen LogP contribution is 2.19. The third kappa shape index (κ3) is 3.28. The topological polar surface area (TPSA) is 59.1 Å². The van der Waals surface area contributed by atoms with Crippen molar-refractivity contribution in [2.24, 2.45) is 5.73 Å². The van der Waals surface area contributed by atoms with Gasteiger partial charge in [-0.25, -0.2) is 8.78 Å². The minimum atomic E-state index is -0.654. The number of amidine groups is 1. The van der Waals surface area contributed by atoms with Crippen molar-refractivity contribution in [3.05, 3.63) is 65.2 Å². The molecule has 0 aliphatic carbocycles. The fourth-order valence-electron chi connectivity index (χ4n) is 1.67. The van der Waals surface area contributed by atoms with Crippen LogP contribution in [-0.4, -0.2) is 5.84 Å². The summed E-state index contributed by atoms with van der Waals surface area (Å²) in [6.07, 6.45) is 0. The average Bonchev–Trinajstić information content (AvgIpc) is 2.35. The Bertz CT molecular complexity index is 594. The van der Waals surface area contributed by atoms with Crippen LogP contribution in [0.25, 0.3) is 0 Å². The summed E-state index contributed by atoms with van der Waals surface area (Å²) >= 11 is 0. The summed E-state index contributed by atoms with van der Waals surface area (Å²) in [5.41, 5.74) is 6.23. The quantitative estimate of drug-likeness (QED) is 0.657. The van der Waals surface area contributed by atoms with Gasteiger partial charge in [0, 0.05) is 6.07 Å². The standard InChI is InChI=1S/C14H12F2N2O/c15-10-5-9(6-11(16)7-10)8-19-13-4-2-1-3-12(13)14(17)18/h1-7H,8H2,(H3,17,18).